The summed E-state index contributed by atoms with van der Waals surface area (Å²) in [7, 11) is 0. The van der Waals surface area contributed by atoms with E-state index in [-0.39, 0.29) is 0 Å². The quantitative estimate of drug-likeness (QED) is 0.777. The molecule has 0 aliphatic heterocycles. The fraction of sp³-hybridized carbons (Fsp3) is 0.412. The predicted octanol–water partition coefficient (Wildman–Crippen LogP) is 4.59. The van der Waals surface area contributed by atoms with Crippen LogP contribution in [0.1, 0.15) is 42.3 Å². The maximum Gasteiger partial charge on any atom is 0.0368 e. The first-order valence-electron chi connectivity index (χ1n) is 7.18. The Kier molecular flexibility index (Phi) is 5.62. The lowest BCUT2D eigenvalue weighted by atomic mass is 10.00. The summed E-state index contributed by atoms with van der Waals surface area (Å²) in [5.74, 6) is 0. The molecule has 0 fully saturated rings. The number of aryl methyl sites for hydroxylation is 1. The van der Waals surface area contributed by atoms with Crippen LogP contribution >= 0.6 is 11.3 Å². The Labute approximate surface area is 120 Å². The number of likely N-dealkylation sites (N-methyl/N-ethyl adjacent to an activating group) is 1. The molecule has 0 saturated carbocycles. The summed E-state index contributed by atoms with van der Waals surface area (Å²) in [4.78, 5) is 1.45. The van der Waals surface area contributed by atoms with Gasteiger partial charge in [-0.2, -0.15) is 0 Å². The average Bonchev–Trinajstić information content (AvgIpc) is 2.93. The van der Waals surface area contributed by atoms with E-state index >= 15 is 0 Å². The van der Waals surface area contributed by atoms with Gasteiger partial charge in [0.05, 0.1) is 0 Å². The Balaban J connectivity index is 2.09. The van der Waals surface area contributed by atoms with Gasteiger partial charge in [0.25, 0.3) is 0 Å². The Bertz CT molecular complexity index is 459. The van der Waals surface area contributed by atoms with E-state index in [0.29, 0.717) is 6.04 Å². The lowest BCUT2D eigenvalue weighted by Gasteiger charge is -2.18. The molecule has 2 heteroatoms. The molecule has 0 amide bonds. The molecule has 0 radical (unpaired) electrons. The highest BCUT2D eigenvalue weighted by Crippen LogP contribution is 2.22. The number of rotatable bonds is 7. The molecule has 1 aromatic heterocycles. The monoisotopic (exact) mass is 273 g/mol. The van der Waals surface area contributed by atoms with Crippen LogP contribution in [0, 0.1) is 0 Å². The Morgan fingerprint density at radius 2 is 1.89 bits per heavy atom. The van der Waals surface area contributed by atoms with Gasteiger partial charge in [-0.3, -0.25) is 0 Å². The van der Waals surface area contributed by atoms with Crippen molar-refractivity contribution in [1.29, 1.82) is 0 Å². The van der Waals surface area contributed by atoms with Crippen LogP contribution in [0.15, 0.2) is 41.8 Å². The summed E-state index contributed by atoms with van der Waals surface area (Å²) in [6.07, 6.45) is 3.47. The topological polar surface area (TPSA) is 12.0 Å². The molecule has 1 nitrogen and oxygen atoms in total. The van der Waals surface area contributed by atoms with Crippen molar-refractivity contribution in [3.63, 3.8) is 0 Å². The number of benzene rings is 1. The average molecular weight is 273 g/mol. The van der Waals surface area contributed by atoms with Crippen LogP contribution in [-0.2, 0) is 12.8 Å². The summed E-state index contributed by atoms with van der Waals surface area (Å²) >= 11 is 1.84. The van der Waals surface area contributed by atoms with Crippen molar-refractivity contribution in [2.75, 3.05) is 6.54 Å². The fourth-order valence-electron chi connectivity index (χ4n) is 2.39. The predicted molar refractivity (Wildman–Crippen MR) is 84.9 cm³/mol. The minimum Gasteiger partial charge on any atom is -0.310 e. The lowest BCUT2D eigenvalue weighted by Crippen LogP contribution is -2.22. The third kappa shape index (κ3) is 4.19. The zero-order valence-electron chi connectivity index (χ0n) is 11.9. The zero-order chi connectivity index (χ0) is 13.5. The third-order valence-electron chi connectivity index (χ3n) is 3.36. The smallest absolute Gasteiger partial charge is 0.0368 e. The third-order valence-corrected chi connectivity index (χ3v) is 4.26. The maximum absolute atomic E-state index is 3.60. The second-order valence-electron chi connectivity index (χ2n) is 4.89. The van der Waals surface area contributed by atoms with Gasteiger partial charge >= 0.3 is 0 Å². The van der Waals surface area contributed by atoms with E-state index in [0.717, 1.165) is 13.0 Å². The summed E-state index contributed by atoms with van der Waals surface area (Å²) in [6.45, 7) is 5.41. The van der Waals surface area contributed by atoms with Crippen LogP contribution in [0.4, 0.5) is 0 Å². The van der Waals surface area contributed by atoms with E-state index in [1.54, 1.807) is 0 Å². The van der Waals surface area contributed by atoms with Gasteiger partial charge in [-0.25, -0.2) is 0 Å². The molecule has 19 heavy (non-hydrogen) atoms. The summed E-state index contributed by atoms with van der Waals surface area (Å²) in [5.41, 5.74) is 2.84. The van der Waals surface area contributed by atoms with Crippen molar-refractivity contribution in [3.05, 3.63) is 57.8 Å². The van der Waals surface area contributed by atoms with Crippen molar-refractivity contribution in [2.45, 2.75) is 39.2 Å². The van der Waals surface area contributed by atoms with Gasteiger partial charge in [-0.15, -0.1) is 11.3 Å². The van der Waals surface area contributed by atoms with Crippen molar-refractivity contribution in [2.24, 2.45) is 0 Å². The van der Waals surface area contributed by atoms with Gasteiger partial charge in [0.15, 0.2) is 0 Å². The second kappa shape index (κ2) is 7.46. The summed E-state index contributed by atoms with van der Waals surface area (Å²) in [5, 5.41) is 5.75. The van der Waals surface area contributed by atoms with Crippen LogP contribution in [0.5, 0.6) is 0 Å². The van der Waals surface area contributed by atoms with Gasteiger partial charge in [-0.1, -0.05) is 50.6 Å². The van der Waals surface area contributed by atoms with E-state index in [1.165, 1.54) is 28.8 Å². The van der Waals surface area contributed by atoms with Crippen molar-refractivity contribution < 1.29 is 0 Å². The van der Waals surface area contributed by atoms with Crippen molar-refractivity contribution >= 4 is 11.3 Å². The van der Waals surface area contributed by atoms with Crippen molar-refractivity contribution in [1.82, 2.24) is 5.32 Å². The number of nitrogens with one attached hydrogen (secondary N) is 1. The standard InChI is InChI=1S/C17H23NS/c1-3-6-14-8-10-15(11-9-14)17(18-4-2)13-16-7-5-12-19-16/h5,7-12,17-18H,3-4,6,13H2,1-2H3. The molecule has 0 spiro atoms. The van der Waals surface area contributed by atoms with Crippen LogP contribution < -0.4 is 5.32 Å². The highest BCUT2D eigenvalue weighted by Gasteiger charge is 2.11. The van der Waals surface area contributed by atoms with Crippen LogP contribution in [0.25, 0.3) is 0 Å². The van der Waals surface area contributed by atoms with Gasteiger partial charge in [0.1, 0.15) is 0 Å². The molecular weight excluding hydrogens is 250 g/mol. The fourth-order valence-corrected chi connectivity index (χ4v) is 3.14. The molecule has 1 heterocycles. The first kappa shape index (κ1) is 14.3. The molecule has 1 unspecified atom stereocenters. The molecule has 0 aliphatic rings. The number of hydrogen-bond acceptors (Lipinski definition) is 2. The minimum atomic E-state index is 0.430. The first-order chi connectivity index (χ1) is 9.33. The van der Waals surface area contributed by atoms with Crippen LogP contribution in [0.2, 0.25) is 0 Å². The summed E-state index contributed by atoms with van der Waals surface area (Å²) in [6, 6.07) is 13.9. The molecule has 1 aromatic carbocycles. The normalized spacial score (nSPS) is 12.5. The zero-order valence-corrected chi connectivity index (χ0v) is 12.7. The lowest BCUT2D eigenvalue weighted by molar-refractivity contribution is 0.553. The maximum atomic E-state index is 3.60. The van der Waals surface area contributed by atoms with Gasteiger partial charge in [-0.05, 0) is 35.5 Å². The SMILES string of the molecule is CCCc1ccc(C(Cc2cccs2)NCC)cc1. The molecule has 102 valence electrons. The van der Waals surface area contributed by atoms with Gasteiger partial charge in [0.2, 0.25) is 0 Å². The van der Waals surface area contributed by atoms with Crippen LogP contribution in [-0.4, -0.2) is 6.54 Å². The molecule has 1 N–H and O–H groups in total. The van der Waals surface area contributed by atoms with E-state index in [2.05, 4.69) is 60.9 Å². The Morgan fingerprint density at radius 1 is 1.11 bits per heavy atom. The van der Waals surface area contributed by atoms with Gasteiger partial charge in [0, 0.05) is 17.3 Å². The molecular formula is C17H23NS. The Morgan fingerprint density at radius 3 is 2.47 bits per heavy atom. The largest absolute Gasteiger partial charge is 0.310 e. The minimum absolute atomic E-state index is 0.430. The molecule has 2 aromatic rings. The number of thiophene rings is 1. The van der Waals surface area contributed by atoms with E-state index in [9.17, 15) is 0 Å². The highest BCUT2D eigenvalue weighted by atomic mass is 32.1. The Hall–Kier alpha value is -1.12. The van der Waals surface area contributed by atoms with Crippen molar-refractivity contribution in [3.8, 4) is 0 Å². The highest BCUT2D eigenvalue weighted by molar-refractivity contribution is 7.09. The molecule has 0 aliphatic carbocycles. The van der Waals surface area contributed by atoms with E-state index < -0.39 is 0 Å². The van der Waals surface area contributed by atoms with E-state index in [4.69, 9.17) is 0 Å². The first-order valence-corrected chi connectivity index (χ1v) is 8.06. The summed E-state index contributed by atoms with van der Waals surface area (Å²) < 4.78 is 0. The molecule has 0 bridgehead atoms. The van der Waals surface area contributed by atoms with Gasteiger partial charge < -0.3 is 5.32 Å². The number of hydrogen-bond donors (Lipinski definition) is 1. The molecule has 0 saturated heterocycles. The molecule has 2 rings (SSSR count). The van der Waals surface area contributed by atoms with E-state index in [1.807, 2.05) is 11.3 Å². The van der Waals surface area contributed by atoms with Crippen LogP contribution in [0.3, 0.4) is 0 Å². The second-order valence-corrected chi connectivity index (χ2v) is 5.92. The molecule has 1 atom stereocenters.